The number of rotatable bonds is 4. The van der Waals surface area contributed by atoms with Crippen LogP contribution in [0.1, 0.15) is 50.6 Å². The normalized spacial score (nSPS) is 44.5. The first kappa shape index (κ1) is 26.3. The summed E-state index contributed by atoms with van der Waals surface area (Å²) >= 11 is 0.352. The highest BCUT2D eigenvalue weighted by Gasteiger charge is 2.78. The molecule has 3 saturated carbocycles. The highest BCUT2D eigenvalue weighted by Crippen LogP contribution is 2.72. The molecule has 1 unspecified atom stereocenters. The molecule has 1 heterocycles. The van der Waals surface area contributed by atoms with E-state index in [1.165, 1.54) is 37.5 Å². The minimum Gasteiger partial charge on any atom is -0.457 e. The zero-order chi connectivity index (χ0) is 27.0. The maximum atomic E-state index is 17.4. The molecule has 4 aliphatic carbocycles. The van der Waals surface area contributed by atoms with Crippen molar-refractivity contribution in [2.24, 2.45) is 28.6 Å². The molecule has 4 aliphatic rings. The van der Waals surface area contributed by atoms with E-state index in [1.807, 2.05) is 0 Å². The van der Waals surface area contributed by atoms with Crippen molar-refractivity contribution in [1.29, 1.82) is 0 Å². The lowest BCUT2D eigenvalue weighted by molar-refractivity contribution is -0.221. The minimum atomic E-state index is -2.35. The van der Waals surface area contributed by atoms with Crippen LogP contribution in [-0.4, -0.2) is 51.5 Å². The summed E-state index contributed by atoms with van der Waals surface area (Å²) in [5, 5.41) is 10.7. The van der Waals surface area contributed by atoms with Gasteiger partial charge >= 0.3 is 5.97 Å². The van der Waals surface area contributed by atoms with Crippen LogP contribution in [0.3, 0.4) is 0 Å². The van der Waals surface area contributed by atoms with Gasteiger partial charge in [-0.15, -0.1) is 0 Å². The molecule has 9 atom stereocenters. The van der Waals surface area contributed by atoms with Crippen LogP contribution in [0, 0.1) is 28.6 Å². The van der Waals surface area contributed by atoms with Gasteiger partial charge < -0.3 is 14.3 Å². The number of ketones is 1. The monoisotopic (exact) mass is 538 g/mol. The maximum Gasteiger partial charge on any atom is 0.375 e. The molecule has 5 rings (SSSR count). The lowest BCUT2D eigenvalue weighted by Crippen LogP contribution is -2.70. The molecule has 200 valence electrons. The van der Waals surface area contributed by atoms with Crippen molar-refractivity contribution in [3.05, 3.63) is 48.0 Å². The molecular formula is C27H29F3O6S. The second kappa shape index (κ2) is 8.59. The second-order valence-electron chi connectivity index (χ2n) is 11.1. The van der Waals surface area contributed by atoms with Crippen molar-refractivity contribution in [3.8, 4) is 0 Å². The van der Waals surface area contributed by atoms with Crippen LogP contribution in [0.5, 0.6) is 0 Å². The van der Waals surface area contributed by atoms with Gasteiger partial charge in [-0.25, -0.2) is 18.0 Å². The van der Waals surface area contributed by atoms with Gasteiger partial charge in [0.25, 0.3) is 0 Å². The van der Waals surface area contributed by atoms with E-state index in [4.69, 9.17) is 9.15 Å². The number of thioether (sulfide) groups is 1. The number of carbonyl (C=O) groups excluding carboxylic acids is 3. The number of esters is 1. The Bertz CT molecular complexity index is 1200. The van der Waals surface area contributed by atoms with Crippen molar-refractivity contribution < 1.29 is 41.8 Å². The van der Waals surface area contributed by atoms with Crippen molar-refractivity contribution in [1.82, 2.24) is 0 Å². The zero-order valence-electron chi connectivity index (χ0n) is 20.7. The Morgan fingerprint density at radius 1 is 1.27 bits per heavy atom. The lowest BCUT2D eigenvalue weighted by atomic mass is 9.44. The van der Waals surface area contributed by atoms with Crippen molar-refractivity contribution >= 4 is 28.6 Å². The predicted octanol–water partition coefficient (Wildman–Crippen LogP) is 4.93. The van der Waals surface area contributed by atoms with E-state index in [0.29, 0.717) is 11.8 Å². The first-order chi connectivity index (χ1) is 17.4. The molecule has 0 bridgehead atoms. The Labute approximate surface area is 216 Å². The molecule has 10 heteroatoms. The Kier molecular flexibility index (Phi) is 6.10. The molecule has 0 aliphatic heterocycles. The number of aliphatic hydroxyl groups excluding tert-OH is 1. The van der Waals surface area contributed by atoms with Gasteiger partial charge in [-0.2, -0.15) is 0 Å². The molecule has 0 saturated heterocycles. The van der Waals surface area contributed by atoms with Gasteiger partial charge in [0.15, 0.2) is 17.1 Å². The molecular weight excluding hydrogens is 509 g/mol. The summed E-state index contributed by atoms with van der Waals surface area (Å²) in [6.45, 7) is 4.79. The fourth-order valence-electron chi connectivity index (χ4n) is 7.97. The van der Waals surface area contributed by atoms with Crippen LogP contribution < -0.4 is 0 Å². The first-order valence-corrected chi connectivity index (χ1v) is 13.3. The van der Waals surface area contributed by atoms with Gasteiger partial charge in [-0.05, 0) is 73.7 Å². The molecule has 37 heavy (non-hydrogen) atoms. The van der Waals surface area contributed by atoms with Crippen molar-refractivity contribution in [3.63, 3.8) is 0 Å². The average Bonchev–Trinajstić information content (AvgIpc) is 3.45. The Morgan fingerprint density at radius 3 is 2.65 bits per heavy atom. The summed E-state index contributed by atoms with van der Waals surface area (Å²) in [6.07, 6.45) is 1.16. The Morgan fingerprint density at radius 2 is 2.00 bits per heavy atom. The van der Waals surface area contributed by atoms with E-state index in [1.54, 1.807) is 13.8 Å². The molecule has 3 fully saturated rings. The summed E-state index contributed by atoms with van der Waals surface area (Å²) in [6, 6.07) is 1.78. The second-order valence-corrected chi connectivity index (χ2v) is 12.0. The maximum absolute atomic E-state index is 17.4. The molecule has 0 radical (unpaired) electrons. The first-order valence-electron chi connectivity index (χ1n) is 12.3. The highest BCUT2D eigenvalue weighted by atomic mass is 32.2. The van der Waals surface area contributed by atoms with Gasteiger partial charge in [-0.1, -0.05) is 19.9 Å². The molecule has 0 amide bonds. The molecule has 0 spiro atoms. The number of halogens is 3. The number of hydrogen-bond donors (Lipinski definition) is 1. The van der Waals surface area contributed by atoms with E-state index in [9.17, 15) is 23.9 Å². The average molecular weight is 539 g/mol. The third kappa shape index (κ3) is 3.27. The summed E-state index contributed by atoms with van der Waals surface area (Å²) in [4.78, 5) is 38.7. The number of furan rings is 1. The minimum absolute atomic E-state index is 0.00739. The molecule has 0 aromatic carbocycles. The number of fused-ring (bicyclic) bond motifs is 5. The smallest absolute Gasteiger partial charge is 0.375 e. The predicted molar refractivity (Wildman–Crippen MR) is 129 cm³/mol. The topological polar surface area (TPSA) is 93.8 Å². The number of ether oxygens (including phenoxy) is 1. The number of carbonyl (C=O) groups is 3. The number of aliphatic hydroxyl groups is 1. The van der Waals surface area contributed by atoms with Crippen LogP contribution in [0.4, 0.5) is 13.2 Å². The fraction of sp³-hybridized carbons (Fsp3) is 0.593. The van der Waals surface area contributed by atoms with Crippen LogP contribution in [-0.2, 0) is 14.3 Å². The van der Waals surface area contributed by atoms with Gasteiger partial charge in [-0.3, -0.25) is 9.59 Å². The molecule has 6 nitrogen and oxygen atoms in total. The van der Waals surface area contributed by atoms with E-state index in [-0.39, 0.29) is 30.6 Å². The highest BCUT2D eigenvalue weighted by molar-refractivity contribution is 8.13. The number of hydrogen-bond acceptors (Lipinski definition) is 7. The van der Waals surface area contributed by atoms with Crippen LogP contribution in [0.15, 0.2) is 46.6 Å². The summed E-state index contributed by atoms with van der Waals surface area (Å²) in [5.74, 6) is -3.98. The van der Waals surface area contributed by atoms with Gasteiger partial charge in [0.1, 0.15) is 12.2 Å². The fourth-order valence-corrected chi connectivity index (χ4v) is 8.76. The zero-order valence-corrected chi connectivity index (χ0v) is 21.5. The summed E-state index contributed by atoms with van der Waals surface area (Å²) in [5.41, 5.74) is -7.19. The van der Waals surface area contributed by atoms with Crippen LogP contribution >= 0.6 is 11.8 Å². The molecule has 1 aromatic heterocycles. The molecule has 1 N–H and O–H groups in total. The Hall–Kier alpha value is -2.33. The van der Waals surface area contributed by atoms with Crippen molar-refractivity contribution in [2.75, 3.05) is 6.01 Å². The Balaban J connectivity index is 1.64. The van der Waals surface area contributed by atoms with Gasteiger partial charge in [0.2, 0.25) is 10.9 Å². The van der Waals surface area contributed by atoms with E-state index in [0.717, 1.165) is 6.08 Å². The largest absolute Gasteiger partial charge is 0.457 e. The van der Waals surface area contributed by atoms with Crippen molar-refractivity contribution in [2.45, 2.75) is 63.6 Å². The van der Waals surface area contributed by atoms with Gasteiger partial charge in [0.05, 0.1) is 12.4 Å². The van der Waals surface area contributed by atoms with E-state index >= 15 is 8.78 Å². The summed E-state index contributed by atoms with van der Waals surface area (Å²) in [7, 11) is 0. The quantitative estimate of drug-likeness (QED) is 0.544. The van der Waals surface area contributed by atoms with Gasteiger partial charge in [0, 0.05) is 22.7 Å². The van der Waals surface area contributed by atoms with E-state index in [2.05, 4.69) is 0 Å². The van der Waals surface area contributed by atoms with Crippen LogP contribution in [0.2, 0.25) is 0 Å². The standard InChI is InChI=1S/C27H29F3O6S/c1-14-9-16-17-11-19(29)18-10-15(31)6-7-24(18,2)26(17,30)21(32)12-25(16,3)27(14,23(34)37-13-28)36-22(33)20-5-4-8-35-20/h4-8,10,14,16-17,19,21,32H,9,11-13H2,1-3H3/t14-,16+,17+,19+,21+,24+,25+,26?,27-/m1/s1. The lowest BCUT2D eigenvalue weighted by Gasteiger charge is -2.63. The third-order valence-electron chi connectivity index (χ3n) is 9.63. The van der Waals surface area contributed by atoms with Crippen LogP contribution in [0.25, 0.3) is 0 Å². The third-order valence-corrected chi connectivity index (χ3v) is 10.3. The van der Waals surface area contributed by atoms with E-state index < -0.39 is 75.0 Å². The molecule has 1 aromatic rings. The number of alkyl halides is 3. The SMILES string of the molecule is C[C@@H]1C[C@H]2[C@@H]3C[C@H](F)C4=CC(=O)C=C[C@]4(C)C3(F)[C@@H](O)C[C@]2(C)[C@]1(OC(=O)c1ccco1)C(=O)SCF. The summed E-state index contributed by atoms with van der Waals surface area (Å²) < 4.78 is 57.5. The number of allylic oxidation sites excluding steroid dienone is 4.